The lowest BCUT2D eigenvalue weighted by Gasteiger charge is -2.33. The summed E-state index contributed by atoms with van der Waals surface area (Å²) in [5.74, 6) is 0.402. The molecule has 0 aromatic heterocycles. The molecule has 0 radical (unpaired) electrons. The summed E-state index contributed by atoms with van der Waals surface area (Å²) in [5, 5.41) is 10.4. The number of carbonyl (C=O) groups is 1. The summed E-state index contributed by atoms with van der Waals surface area (Å²) in [5.41, 5.74) is 0.575. The summed E-state index contributed by atoms with van der Waals surface area (Å²) < 4.78 is 0. The van der Waals surface area contributed by atoms with Crippen LogP contribution in [0.1, 0.15) is 31.2 Å². The van der Waals surface area contributed by atoms with Gasteiger partial charge in [-0.1, -0.05) is 30.2 Å². The third-order valence-corrected chi connectivity index (χ3v) is 5.09. The molecular weight excluding hydrogens is 248 g/mol. The van der Waals surface area contributed by atoms with Gasteiger partial charge in [-0.2, -0.15) is 0 Å². The zero-order valence-electron chi connectivity index (χ0n) is 10.2. The Labute approximate surface area is 112 Å². The van der Waals surface area contributed by atoms with Gasteiger partial charge in [-0.15, -0.1) is 0 Å². The van der Waals surface area contributed by atoms with Crippen molar-refractivity contribution in [1.82, 2.24) is 0 Å². The van der Waals surface area contributed by atoms with Gasteiger partial charge in [0.15, 0.2) is 0 Å². The average molecular weight is 265 g/mol. The third-order valence-electron chi connectivity index (χ3n) is 4.83. The van der Waals surface area contributed by atoms with Gasteiger partial charge in [0.25, 0.3) is 0 Å². The Morgan fingerprint density at radius 1 is 1.33 bits per heavy atom. The standard InChI is InChI=1S/C15H17ClO2/c16-13-5-2-10(3-6-13)8-15(14(17)18)9-11-1-4-12(15)7-11/h2-3,5-6,11-12H,1,4,7-9H2,(H,17,18)/t11-,12+,15+/m0/s1. The average Bonchev–Trinajstić information content (AvgIpc) is 2.93. The van der Waals surface area contributed by atoms with Crippen molar-refractivity contribution in [3.8, 4) is 0 Å². The lowest BCUT2D eigenvalue weighted by atomic mass is 9.69. The van der Waals surface area contributed by atoms with Gasteiger partial charge in [-0.3, -0.25) is 4.79 Å². The van der Waals surface area contributed by atoms with Crippen LogP contribution in [0, 0.1) is 17.3 Å². The van der Waals surface area contributed by atoms with Crippen LogP contribution in [0.5, 0.6) is 0 Å². The quantitative estimate of drug-likeness (QED) is 0.902. The second-order valence-corrected chi connectivity index (χ2v) is 6.28. The van der Waals surface area contributed by atoms with Crippen LogP contribution in [-0.4, -0.2) is 11.1 Å². The van der Waals surface area contributed by atoms with Gasteiger partial charge >= 0.3 is 5.97 Å². The van der Waals surface area contributed by atoms with E-state index in [1.54, 1.807) is 0 Å². The first-order chi connectivity index (χ1) is 8.60. The molecule has 0 aliphatic heterocycles. The molecule has 3 rings (SSSR count). The van der Waals surface area contributed by atoms with Gasteiger partial charge < -0.3 is 5.11 Å². The summed E-state index contributed by atoms with van der Waals surface area (Å²) in [6.07, 6.45) is 4.93. The summed E-state index contributed by atoms with van der Waals surface area (Å²) in [6, 6.07) is 7.61. The molecule has 2 aliphatic carbocycles. The monoisotopic (exact) mass is 264 g/mol. The van der Waals surface area contributed by atoms with Crippen LogP contribution in [-0.2, 0) is 11.2 Å². The van der Waals surface area contributed by atoms with E-state index in [0.29, 0.717) is 23.3 Å². The molecule has 0 heterocycles. The second-order valence-electron chi connectivity index (χ2n) is 5.84. The molecule has 96 valence electrons. The van der Waals surface area contributed by atoms with Crippen LogP contribution in [0.15, 0.2) is 24.3 Å². The molecule has 0 unspecified atom stereocenters. The fourth-order valence-electron chi connectivity index (χ4n) is 3.96. The number of rotatable bonds is 3. The SMILES string of the molecule is O=C(O)[C@]1(Cc2ccc(Cl)cc2)C[C@H]2CC[C@@H]1C2. The maximum atomic E-state index is 11.8. The predicted molar refractivity (Wildman–Crippen MR) is 70.7 cm³/mol. The number of hydrogen-bond donors (Lipinski definition) is 1. The lowest BCUT2D eigenvalue weighted by Crippen LogP contribution is -2.38. The highest BCUT2D eigenvalue weighted by atomic mass is 35.5. The Hall–Kier alpha value is -1.02. The van der Waals surface area contributed by atoms with Crippen LogP contribution >= 0.6 is 11.6 Å². The summed E-state index contributed by atoms with van der Waals surface area (Å²) in [6.45, 7) is 0. The van der Waals surface area contributed by atoms with Crippen molar-refractivity contribution in [2.45, 2.75) is 32.1 Å². The second kappa shape index (κ2) is 4.27. The summed E-state index contributed by atoms with van der Waals surface area (Å²) >= 11 is 5.87. The van der Waals surface area contributed by atoms with Crippen molar-refractivity contribution in [3.05, 3.63) is 34.9 Å². The Balaban J connectivity index is 1.88. The molecule has 3 heteroatoms. The van der Waals surface area contributed by atoms with Crippen LogP contribution in [0.25, 0.3) is 0 Å². The molecule has 2 nitrogen and oxygen atoms in total. The number of carboxylic acids is 1. The molecule has 2 aliphatic rings. The fourth-order valence-corrected chi connectivity index (χ4v) is 4.09. The van der Waals surface area contributed by atoms with Gasteiger partial charge in [-0.25, -0.2) is 0 Å². The van der Waals surface area contributed by atoms with E-state index < -0.39 is 11.4 Å². The van der Waals surface area contributed by atoms with Crippen molar-refractivity contribution < 1.29 is 9.90 Å². The Morgan fingerprint density at radius 3 is 2.56 bits per heavy atom. The van der Waals surface area contributed by atoms with Crippen molar-refractivity contribution in [3.63, 3.8) is 0 Å². The van der Waals surface area contributed by atoms with Crippen LogP contribution in [0.3, 0.4) is 0 Å². The van der Waals surface area contributed by atoms with Crippen molar-refractivity contribution >= 4 is 17.6 Å². The third kappa shape index (κ3) is 1.83. The van der Waals surface area contributed by atoms with Gasteiger partial charge in [0.1, 0.15) is 0 Å². The molecule has 0 amide bonds. The van der Waals surface area contributed by atoms with Crippen LogP contribution < -0.4 is 0 Å². The first-order valence-corrected chi connectivity index (χ1v) is 6.96. The van der Waals surface area contributed by atoms with Crippen molar-refractivity contribution in [2.24, 2.45) is 17.3 Å². The molecule has 0 spiro atoms. The first kappa shape index (κ1) is 12.0. The van der Waals surface area contributed by atoms with E-state index in [9.17, 15) is 9.90 Å². The minimum atomic E-state index is -0.607. The van der Waals surface area contributed by atoms with Crippen molar-refractivity contribution in [1.29, 1.82) is 0 Å². The Morgan fingerprint density at radius 2 is 2.06 bits per heavy atom. The predicted octanol–water partition coefficient (Wildman–Crippen LogP) is 3.77. The number of benzene rings is 1. The Bertz CT molecular complexity index is 468. The largest absolute Gasteiger partial charge is 0.481 e. The number of hydrogen-bond acceptors (Lipinski definition) is 1. The summed E-state index contributed by atoms with van der Waals surface area (Å²) in [4.78, 5) is 11.8. The number of halogens is 1. The lowest BCUT2D eigenvalue weighted by molar-refractivity contribution is -0.152. The van der Waals surface area contributed by atoms with Gasteiger partial charge in [0.05, 0.1) is 5.41 Å². The smallest absolute Gasteiger partial charge is 0.310 e. The minimum Gasteiger partial charge on any atom is -0.481 e. The molecule has 2 saturated carbocycles. The van der Waals surface area contributed by atoms with Crippen molar-refractivity contribution in [2.75, 3.05) is 0 Å². The minimum absolute atomic E-state index is 0.371. The molecule has 2 bridgehead atoms. The fraction of sp³-hybridized carbons (Fsp3) is 0.533. The topological polar surface area (TPSA) is 37.3 Å². The number of carboxylic acid groups (broad SMARTS) is 1. The normalized spacial score (nSPS) is 33.8. The molecular formula is C15H17ClO2. The highest BCUT2D eigenvalue weighted by Gasteiger charge is 2.55. The highest BCUT2D eigenvalue weighted by Crippen LogP contribution is 2.57. The first-order valence-electron chi connectivity index (χ1n) is 6.58. The molecule has 1 aromatic carbocycles. The zero-order chi connectivity index (χ0) is 12.8. The number of aliphatic carboxylic acids is 1. The van der Waals surface area contributed by atoms with E-state index in [-0.39, 0.29) is 0 Å². The van der Waals surface area contributed by atoms with E-state index in [1.807, 2.05) is 24.3 Å². The van der Waals surface area contributed by atoms with Gasteiger partial charge in [-0.05, 0) is 55.2 Å². The van der Waals surface area contributed by atoms with E-state index in [4.69, 9.17) is 11.6 Å². The van der Waals surface area contributed by atoms with E-state index >= 15 is 0 Å². The maximum absolute atomic E-state index is 11.8. The van der Waals surface area contributed by atoms with Crippen LogP contribution in [0.2, 0.25) is 5.02 Å². The van der Waals surface area contributed by atoms with E-state index in [0.717, 1.165) is 24.8 Å². The molecule has 3 atom stereocenters. The van der Waals surface area contributed by atoms with Gasteiger partial charge in [0.2, 0.25) is 0 Å². The zero-order valence-corrected chi connectivity index (χ0v) is 11.0. The molecule has 18 heavy (non-hydrogen) atoms. The summed E-state index contributed by atoms with van der Waals surface area (Å²) in [7, 11) is 0. The van der Waals surface area contributed by atoms with E-state index in [2.05, 4.69) is 0 Å². The highest BCUT2D eigenvalue weighted by molar-refractivity contribution is 6.30. The molecule has 0 saturated heterocycles. The maximum Gasteiger partial charge on any atom is 0.310 e. The van der Waals surface area contributed by atoms with Crippen LogP contribution in [0.4, 0.5) is 0 Å². The molecule has 1 aromatic rings. The molecule has 2 fully saturated rings. The Kier molecular flexibility index (Phi) is 2.86. The van der Waals surface area contributed by atoms with E-state index in [1.165, 1.54) is 6.42 Å². The molecule has 1 N–H and O–H groups in total. The van der Waals surface area contributed by atoms with Gasteiger partial charge in [0, 0.05) is 5.02 Å². The number of fused-ring (bicyclic) bond motifs is 2.